The Morgan fingerprint density at radius 2 is 1.81 bits per heavy atom. The van der Waals surface area contributed by atoms with Crippen LogP contribution in [0.15, 0.2) is 5.38 Å². The summed E-state index contributed by atoms with van der Waals surface area (Å²) in [4.78, 5) is 13.1. The zero-order valence-electron chi connectivity index (χ0n) is 15.4. The highest BCUT2D eigenvalue weighted by Gasteiger charge is 2.36. The standard InChI is InChI=1S/C17H29NO7S/c1-8(2)18-5-12(16-10(4)9(3)7-26-16)25-17(24)15(23)14(22)13(21)11(20)6-19/h7-8,11-15,18-23H,5-6H2,1-4H3/t11-,12?,13-,14+,15-/m1/s1. The van der Waals surface area contributed by atoms with Gasteiger partial charge in [0.2, 0.25) is 0 Å². The molecule has 26 heavy (non-hydrogen) atoms. The average Bonchev–Trinajstić information content (AvgIpc) is 2.94. The largest absolute Gasteiger partial charge is 0.453 e. The van der Waals surface area contributed by atoms with E-state index in [1.165, 1.54) is 11.3 Å². The van der Waals surface area contributed by atoms with Gasteiger partial charge in [-0.15, -0.1) is 11.3 Å². The molecule has 6 N–H and O–H groups in total. The fraction of sp³-hybridized carbons (Fsp3) is 0.706. The van der Waals surface area contributed by atoms with Gasteiger partial charge >= 0.3 is 5.97 Å². The van der Waals surface area contributed by atoms with Crippen LogP contribution in [0.25, 0.3) is 0 Å². The minimum Gasteiger partial charge on any atom is -0.453 e. The number of esters is 1. The summed E-state index contributed by atoms with van der Waals surface area (Å²) in [6.07, 6.45) is -8.30. The van der Waals surface area contributed by atoms with Crippen molar-refractivity contribution in [2.75, 3.05) is 13.2 Å². The number of hydrogen-bond acceptors (Lipinski definition) is 9. The van der Waals surface area contributed by atoms with Gasteiger partial charge in [-0.25, -0.2) is 4.79 Å². The molecule has 1 unspecified atom stereocenters. The number of aliphatic hydroxyl groups is 5. The Bertz CT molecular complexity index is 577. The van der Waals surface area contributed by atoms with E-state index in [2.05, 4.69) is 5.32 Å². The molecule has 0 amide bonds. The van der Waals surface area contributed by atoms with Crippen LogP contribution in [0.4, 0.5) is 0 Å². The second-order valence-electron chi connectivity index (χ2n) is 6.57. The number of rotatable bonds is 10. The van der Waals surface area contributed by atoms with E-state index in [0.717, 1.165) is 16.0 Å². The van der Waals surface area contributed by atoms with Crippen LogP contribution >= 0.6 is 11.3 Å². The third-order valence-corrected chi connectivity index (χ3v) is 5.38. The normalized spacial score (nSPS) is 17.6. The first kappa shape index (κ1) is 23.0. The van der Waals surface area contributed by atoms with E-state index in [4.69, 9.17) is 9.84 Å². The van der Waals surface area contributed by atoms with Gasteiger partial charge in [0.1, 0.15) is 24.4 Å². The number of aliphatic hydroxyl groups excluding tert-OH is 5. The molecule has 0 fully saturated rings. The molecule has 8 nitrogen and oxygen atoms in total. The number of thiophene rings is 1. The molecule has 150 valence electrons. The van der Waals surface area contributed by atoms with Crippen molar-refractivity contribution in [2.45, 2.75) is 64.3 Å². The van der Waals surface area contributed by atoms with E-state index in [9.17, 15) is 25.2 Å². The van der Waals surface area contributed by atoms with Crippen molar-refractivity contribution in [2.24, 2.45) is 0 Å². The van der Waals surface area contributed by atoms with Gasteiger partial charge < -0.3 is 35.6 Å². The molecule has 5 atom stereocenters. The number of aryl methyl sites for hydroxylation is 1. The minimum absolute atomic E-state index is 0.148. The second kappa shape index (κ2) is 10.3. The van der Waals surface area contributed by atoms with Crippen LogP contribution in [0.2, 0.25) is 0 Å². The summed E-state index contributed by atoms with van der Waals surface area (Å²) in [5.74, 6) is -1.12. The summed E-state index contributed by atoms with van der Waals surface area (Å²) in [6, 6.07) is 0.148. The smallest absolute Gasteiger partial charge is 0.338 e. The van der Waals surface area contributed by atoms with E-state index in [1.807, 2.05) is 33.1 Å². The molecule has 0 spiro atoms. The highest BCUT2D eigenvalue weighted by Crippen LogP contribution is 2.30. The molecule has 1 rings (SSSR count). The first-order valence-corrected chi connectivity index (χ1v) is 9.29. The molecular weight excluding hydrogens is 362 g/mol. The lowest BCUT2D eigenvalue weighted by atomic mass is 10.0. The van der Waals surface area contributed by atoms with E-state index >= 15 is 0 Å². The predicted molar refractivity (Wildman–Crippen MR) is 96.9 cm³/mol. The first-order chi connectivity index (χ1) is 12.1. The maximum absolute atomic E-state index is 12.2. The summed E-state index contributed by atoms with van der Waals surface area (Å²) in [5.41, 5.74) is 2.03. The molecule has 0 aromatic carbocycles. The zero-order chi connectivity index (χ0) is 20.0. The Morgan fingerprint density at radius 1 is 1.19 bits per heavy atom. The highest BCUT2D eigenvalue weighted by atomic mass is 32.1. The molecule has 0 aliphatic rings. The summed E-state index contributed by atoms with van der Waals surface area (Å²) >= 11 is 1.43. The second-order valence-corrected chi connectivity index (χ2v) is 7.48. The van der Waals surface area contributed by atoms with Crippen LogP contribution in [0.5, 0.6) is 0 Å². The Balaban J connectivity index is 2.89. The Labute approximate surface area is 157 Å². The number of ether oxygens (including phenoxy) is 1. The van der Waals surface area contributed by atoms with Gasteiger partial charge in [-0.05, 0) is 30.4 Å². The molecule has 9 heteroatoms. The van der Waals surface area contributed by atoms with Gasteiger partial charge in [0.25, 0.3) is 0 Å². The fourth-order valence-electron chi connectivity index (χ4n) is 2.24. The first-order valence-electron chi connectivity index (χ1n) is 8.41. The van der Waals surface area contributed by atoms with Crippen molar-refractivity contribution in [1.82, 2.24) is 5.32 Å². The molecule has 0 saturated carbocycles. The van der Waals surface area contributed by atoms with Crippen molar-refractivity contribution in [3.63, 3.8) is 0 Å². The average molecular weight is 391 g/mol. The Kier molecular flexibility index (Phi) is 9.11. The maximum Gasteiger partial charge on any atom is 0.338 e. The van der Waals surface area contributed by atoms with Crippen molar-refractivity contribution in [3.8, 4) is 0 Å². The maximum atomic E-state index is 12.2. The zero-order valence-corrected chi connectivity index (χ0v) is 16.2. The quantitative estimate of drug-likeness (QED) is 0.290. The van der Waals surface area contributed by atoms with Crippen molar-refractivity contribution in [1.29, 1.82) is 0 Å². The van der Waals surface area contributed by atoms with Gasteiger partial charge in [-0.3, -0.25) is 0 Å². The topological polar surface area (TPSA) is 139 Å². The summed E-state index contributed by atoms with van der Waals surface area (Å²) < 4.78 is 5.37. The van der Waals surface area contributed by atoms with Crippen molar-refractivity contribution < 1.29 is 35.1 Å². The molecule has 0 bridgehead atoms. The van der Waals surface area contributed by atoms with E-state index in [0.29, 0.717) is 6.54 Å². The SMILES string of the molecule is Cc1csc(C(CNC(C)C)OC(=O)[C@H](O)[C@@H](O)[C@H](O)[C@H](O)CO)c1C. The number of nitrogens with one attached hydrogen (secondary N) is 1. The van der Waals surface area contributed by atoms with Gasteiger partial charge in [0.15, 0.2) is 6.10 Å². The number of carbonyl (C=O) groups is 1. The van der Waals surface area contributed by atoms with Crippen LogP contribution in [0, 0.1) is 13.8 Å². The Hall–Kier alpha value is -1.07. The van der Waals surface area contributed by atoms with E-state index in [1.54, 1.807) is 0 Å². The molecule has 1 heterocycles. The molecular formula is C17H29NO7S. The number of carbonyl (C=O) groups excluding carboxylic acids is 1. The lowest BCUT2D eigenvalue weighted by Crippen LogP contribution is -2.49. The van der Waals surface area contributed by atoms with Crippen LogP contribution in [-0.4, -0.2) is 75.1 Å². The van der Waals surface area contributed by atoms with E-state index < -0.39 is 43.1 Å². The van der Waals surface area contributed by atoms with Crippen LogP contribution in [0.3, 0.4) is 0 Å². The molecule has 1 aromatic rings. The fourth-order valence-corrected chi connectivity index (χ4v) is 3.34. The van der Waals surface area contributed by atoms with Crippen molar-refractivity contribution in [3.05, 3.63) is 21.4 Å². The third-order valence-electron chi connectivity index (χ3n) is 4.08. The van der Waals surface area contributed by atoms with Crippen LogP contribution in [-0.2, 0) is 9.53 Å². The molecule has 0 aliphatic heterocycles. The van der Waals surface area contributed by atoms with Crippen LogP contribution < -0.4 is 5.32 Å². The van der Waals surface area contributed by atoms with E-state index in [-0.39, 0.29) is 6.04 Å². The summed E-state index contributed by atoms with van der Waals surface area (Å²) in [6.45, 7) is 7.22. The highest BCUT2D eigenvalue weighted by molar-refractivity contribution is 7.10. The minimum atomic E-state index is -2.06. The third kappa shape index (κ3) is 5.98. The van der Waals surface area contributed by atoms with Gasteiger partial charge in [0.05, 0.1) is 6.61 Å². The molecule has 0 saturated heterocycles. The molecule has 1 aromatic heterocycles. The lowest BCUT2D eigenvalue weighted by Gasteiger charge is -2.26. The van der Waals surface area contributed by atoms with Gasteiger partial charge in [-0.2, -0.15) is 0 Å². The number of hydrogen-bond donors (Lipinski definition) is 6. The van der Waals surface area contributed by atoms with Gasteiger partial charge in [-0.1, -0.05) is 13.8 Å². The van der Waals surface area contributed by atoms with Crippen molar-refractivity contribution >= 4 is 17.3 Å². The summed E-state index contributed by atoms with van der Waals surface area (Å²) in [5, 5.41) is 52.7. The lowest BCUT2D eigenvalue weighted by molar-refractivity contribution is -0.175. The Morgan fingerprint density at radius 3 is 2.27 bits per heavy atom. The molecule has 0 aliphatic carbocycles. The van der Waals surface area contributed by atoms with Crippen LogP contribution in [0.1, 0.15) is 36.0 Å². The monoisotopic (exact) mass is 391 g/mol. The summed E-state index contributed by atoms with van der Waals surface area (Å²) in [7, 11) is 0. The predicted octanol–water partition coefficient (Wildman–Crippen LogP) is -0.617. The van der Waals surface area contributed by atoms with Gasteiger partial charge in [0, 0.05) is 17.5 Å². The molecule has 0 radical (unpaired) electrons.